The predicted octanol–water partition coefficient (Wildman–Crippen LogP) is 1.60. The van der Waals surface area contributed by atoms with Gasteiger partial charge in [0.1, 0.15) is 5.75 Å². The summed E-state index contributed by atoms with van der Waals surface area (Å²) in [6.45, 7) is 0. The normalized spacial score (nSPS) is 9.75. The number of phenols is 1. The van der Waals surface area contributed by atoms with Gasteiger partial charge < -0.3 is 15.7 Å². The number of hydrogen-bond donors (Lipinski definition) is 2. The standard InChI is InChI=1S/C6H5NO3.C3HF3N2O2/c8-6-3-1-5(2-4-6)7(9)10;4-3(5,6)1(8-7)2(9)10/h1-4,8H;(H,9,10). The van der Waals surface area contributed by atoms with Crippen LogP contribution in [0.15, 0.2) is 24.3 Å². The topological polar surface area (TPSA) is 137 Å². The molecule has 0 amide bonds. The molecule has 0 saturated carbocycles. The highest BCUT2D eigenvalue weighted by Crippen LogP contribution is 2.15. The predicted molar refractivity (Wildman–Crippen MR) is 57.1 cm³/mol. The van der Waals surface area contributed by atoms with E-state index in [0.29, 0.717) is 0 Å². The molecule has 8 nitrogen and oxygen atoms in total. The lowest BCUT2D eigenvalue weighted by molar-refractivity contribution is -0.384. The number of non-ortho nitro benzene ring substituents is 1. The fraction of sp³-hybridized carbons (Fsp3) is 0.111. The molecule has 0 bridgehead atoms. The fourth-order valence-electron chi connectivity index (χ4n) is 0.795. The minimum Gasteiger partial charge on any atom is -0.508 e. The van der Waals surface area contributed by atoms with Crippen molar-refractivity contribution in [2.45, 2.75) is 6.18 Å². The molecule has 0 aliphatic carbocycles. The number of halogens is 3. The van der Waals surface area contributed by atoms with Crippen LogP contribution >= 0.6 is 0 Å². The van der Waals surface area contributed by atoms with Crippen LogP contribution in [-0.2, 0) is 4.79 Å². The van der Waals surface area contributed by atoms with Crippen LogP contribution in [0.25, 0.3) is 5.53 Å². The number of nitro benzene ring substituents is 1. The molecule has 20 heavy (non-hydrogen) atoms. The SMILES string of the molecule is O=[N+]([O-])c1ccc(O)cc1.[N-]=[N+]=C(C(=O)O)C(F)(F)F. The third kappa shape index (κ3) is 5.60. The highest BCUT2D eigenvalue weighted by Gasteiger charge is 2.50. The van der Waals surface area contributed by atoms with Crippen molar-refractivity contribution in [2.75, 3.05) is 0 Å². The number of carboxylic acids is 1. The third-order valence-electron chi connectivity index (χ3n) is 1.63. The first-order chi connectivity index (χ1) is 9.09. The molecule has 0 aliphatic rings. The summed E-state index contributed by atoms with van der Waals surface area (Å²) < 4.78 is 33.9. The van der Waals surface area contributed by atoms with Crippen molar-refractivity contribution in [3.05, 3.63) is 39.9 Å². The van der Waals surface area contributed by atoms with E-state index in [-0.39, 0.29) is 11.4 Å². The van der Waals surface area contributed by atoms with Gasteiger partial charge >= 0.3 is 17.9 Å². The molecular weight excluding hydrogens is 287 g/mol. The second kappa shape index (κ2) is 6.85. The molecule has 1 aromatic rings. The molecule has 0 aliphatic heterocycles. The smallest absolute Gasteiger partial charge is 0.503 e. The van der Waals surface area contributed by atoms with Gasteiger partial charge in [0.15, 0.2) is 0 Å². The first kappa shape index (κ1) is 17.1. The quantitative estimate of drug-likeness (QED) is 0.280. The van der Waals surface area contributed by atoms with Crippen LogP contribution in [0.2, 0.25) is 0 Å². The highest BCUT2D eigenvalue weighted by atomic mass is 19.4. The molecular formula is C9H6F3N3O5. The van der Waals surface area contributed by atoms with Crippen LogP contribution in [0.4, 0.5) is 18.9 Å². The number of aliphatic carboxylic acids is 1. The van der Waals surface area contributed by atoms with Crippen LogP contribution in [0.1, 0.15) is 0 Å². The summed E-state index contributed by atoms with van der Waals surface area (Å²) >= 11 is 0. The second-order valence-electron chi connectivity index (χ2n) is 3.03. The lowest BCUT2D eigenvalue weighted by Gasteiger charge is -1.93. The molecule has 11 heteroatoms. The Morgan fingerprint density at radius 2 is 1.75 bits per heavy atom. The Hall–Kier alpha value is -2.94. The largest absolute Gasteiger partial charge is 0.508 e. The Bertz CT molecular complexity index is 549. The number of alkyl halides is 3. The number of benzene rings is 1. The van der Waals surface area contributed by atoms with Crippen LogP contribution in [0, 0.1) is 10.1 Å². The molecule has 0 saturated heterocycles. The molecule has 0 radical (unpaired) electrons. The van der Waals surface area contributed by atoms with Crippen LogP contribution in [0.5, 0.6) is 5.75 Å². The van der Waals surface area contributed by atoms with E-state index in [1.807, 2.05) is 0 Å². The lowest BCUT2D eigenvalue weighted by atomic mass is 10.3. The van der Waals surface area contributed by atoms with E-state index < -0.39 is 22.8 Å². The Morgan fingerprint density at radius 1 is 1.30 bits per heavy atom. The van der Waals surface area contributed by atoms with Gasteiger partial charge in [-0.1, -0.05) is 0 Å². The van der Waals surface area contributed by atoms with Crippen molar-refractivity contribution in [3.63, 3.8) is 0 Å². The van der Waals surface area contributed by atoms with E-state index in [1.165, 1.54) is 24.3 Å². The first-order valence-electron chi connectivity index (χ1n) is 4.55. The number of nitrogens with zero attached hydrogens (tertiary/aromatic N) is 3. The lowest BCUT2D eigenvalue weighted by Crippen LogP contribution is -2.31. The number of rotatable bonds is 2. The molecule has 0 fully saturated rings. The van der Waals surface area contributed by atoms with Gasteiger partial charge in [-0.3, -0.25) is 10.1 Å². The third-order valence-corrected chi connectivity index (χ3v) is 1.63. The molecule has 0 atom stereocenters. The molecule has 0 aromatic heterocycles. The summed E-state index contributed by atoms with van der Waals surface area (Å²) in [5, 5.41) is 26.5. The number of phenolic OH excluding ortho intramolecular Hbond substituents is 1. The van der Waals surface area contributed by atoms with E-state index >= 15 is 0 Å². The van der Waals surface area contributed by atoms with Crippen molar-refractivity contribution >= 4 is 17.4 Å². The molecule has 1 rings (SSSR count). The second-order valence-corrected chi connectivity index (χ2v) is 3.03. The summed E-state index contributed by atoms with van der Waals surface area (Å²) in [5.74, 6) is -2.28. The maximum atomic E-state index is 11.3. The molecule has 2 N–H and O–H groups in total. The molecule has 1 aromatic carbocycles. The van der Waals surface area contributed by atoms with Crippen molar-refractivity contribution in [1.82, 2.24) is 0 Å². The van der Waals surface area contributed by atoms with Gasteiger partial charge in [0.2, 0.25) is 0 Å². The zero-order chi connectivity index (χ0) is 15.9. The Balaban J connectivity index is 0.000000361. The molecule has 0 unspecified atom stereocenters. The van der Waals surface area contributed by atoms with E-state index in [0.717, 1.165) is 0 Å². The van der Waals surface area contributed by atoms with Gasteiger partial charge in [0.05, 0.1) is 4.92 Å². The Morgan fingerprint density at radius 3 is 1.95 bits per heavy atom. The van der Waals surface area contributed by atoms with Crippen molar-refractivity contribution in [3.8, 4) is 5.75 Å². The van der Waals surface area contributed by atoms with Gasteiger partial charge in [-0.2, -0.15) is 18.0 Å². The van der Waals surface area contributed by atoms with Crippen LogP contribution in [0.3, 0.4) is 0 Å². The minimum atomic E-state index is -5.11. The Kier molecular flexibility index (Phi) is 5.84. The van der Waals surface area contributed by atoms with Crippen molar-refractivity contribution in [2.24, 2.45) is 0 Å². The monoisotopic (exact) mass is 293 g/mol. The van der Waals surface area contributed by atoms with Gasteiger partial charge in [-0.25, -0.2) is 4.79 Å². The number of aromatic hydroxyl groups is 1. The van der Waals surface area contributed by atoms with Crippen LogP contribution < -0.4 is 0 Å². The van der Waals surface area contributed by atoms with Crippen molar-refractivity contribution < 1.29 is 37.9 Å². The van der Waals surface area contributed by atoms with Gasteiger partial charge in [-0.15, -0.1) is 0 Å². The van der Waals surface area contributed by atoms with E-state index in [1.54, 1.807) is 4.79 Å². The maximum absolute atomic E-state index is 11.3. The van der Waals surface area contributed by atoms with Crippen LogP contribution in [-0.4, -0.2) is 37.8 Å². The highest BCUT2D eigenvalue weighted by molar-refractivity contribution is 6.35. The number of carbonyl (C=O) groups is 1. The van der Waals surface area contributed by atoms with E-state index in [2.05, 4.69) is 0 Å². The summed E-state index contributed by atoms with van der Waals surface area (Å²) in [5.41, 5.74) is 5.27. The number of carboxylic acid groups (broad SMARTS) is 1. The summed E-state index contributed by atoms with van der Waals surface area (Å²) in [6.07, 6.45) is -5.11. The maximum Gasteiger partial charge on any atom is 0.503 e. The average Bonchev–Trinajstić information content (AvgIpc) is 2.28. The molecule has 0 spiro atoms. The zero-order valence-corrected chi connectivity index (χ0v) is 9.40. The summed E-state index contributed by atoms with van der Waals surface area (Å²) in [7, 11) is 0. The first-order valence-corrected chi connectivity index (χ1v) is 4.55. The fourth-order valence-corrected chi connectivity index (χ4v) is 0.795. The Labute approximate surface area is 108 Å². The van der Waals surface area contributed by atoms with E-state index in [9.17, 15) is 28.1 Å². The van der Waals surface area contributed by atoms with Gasteiger partial charge in [0.25, 0.3) is 5.69 Å². The number of hydrogen-bond acceptors (Lipinski definition) is 4. The zero-order valence-electron chi connectivity index (χ0n) is 9.40. The van der Waals surface area contributed by atoms with Gasteiger partial charge in [0, 0.05) is 12.1 Å². The van der Waals surface area contributed by atoms with E-state index in [4.69, 9.17) is 15.7 Å². The number of nitro groups is 1. The van der Waals surface area contributed by atoms with Crippen molar-refractivity contribution in [1.29, 1.82) is 0 Å². The average molecular weight is 293 g/mol. The summed E-state index contributed by atoms with van der Waals surface area (Å²) in [4.78, 5) is 20.6. The molecule has 108 valence electrons. The minimum absolute atomic E-state index is 0.0159. The molecule has 0 heterocycles. The van der Waals surface area contributed by atoms with Gasteiger partial charge in [-0.05, 0) is 12.1 Å². The summed E-state index contributed by atoms with van der Waals surface area (Å²) in [6, 6.07) is 5.04.